The van der Waals surface area contributed by atoms with Crippen molar-refractivity contribution in [3.63, 3.8) is 0 Å². The van der Waals surface area contributed by atoms with Crippen LogP contribution in [-0.2, 0) is 37.9 Å². The van der Waals surface area contributed by atoms with E-state index >= 15 is 0 Å². The predicted molar refractivity (Wildman–Crippen MR) is 242 cm³/mol. The Hall–Kier alpha value is -4.86. The van der Waals surface area contributed by atoms with Crippen LogP contribution in [0.1, 0.15) is 68.2 Å². The second-order valence-electron chi connectivity index (χ2n) is 16.3. The molecule has 6 rings (SSSR count). The van der Waals surface area contributed by atoms with Crippen molar-refractivity contribution in [1.29, 1.82) is 0 Å². The number of benzene rings is 4. The van der Waals surface area contributed by atoms with Crippen molar-refractivity contribution < 1.29 is 52.6 Å². The maximum atomic E-state index is 12.4. The van der Waals surface area contributed by atoms with Crippen LogP contribution in [0.2, 0.25) is 0 Å². The maximum absolute atomic E-state index is 12.4. The zero-order chi connectivity index (χ0) is 44.9. The van der Waals surface area contributed by atoms with Gasteiger partial charge in [0.1, 0.15) is 13.2 Å². The van der Waals surface area contributed by atoms with Gasteiger partial charge in [0.2, 0.25) is 0 Å². The molecular weight excluding hydrogens is 805 g/mol. The minimum Gasteiger partial charge on any atom is -0.449 e. The number of rotatable bonds is 24. The lowest BCUT2D eigenvalue weighted by Crippen LogP contribution is -2.41. The summed E-state index contributed by atoms with van der Waals surface area (Å²) in [6.07, 6.45) is -0.229. The third-order valence-corrected chi connectivity index (χ3v) is 10.6. The number of hydrogen-bond donors (Lipinski definition) is 3. The van der Waals surface area contributed by atoms with Gasteiger partial charge in [-0.2, -0.15) is 0 Å². The molecule has 0 saturated heterocycles. The standard InChI is InChI=1S/C26H35NO6.C24H31NO5/c1-26(2,3)33-15-14-30-12-13-31-17-19(16-28)27-25(29)32-18-24-22-10-6-4-8-20(22)21-9-5-7-11-23(21)24;1-3-18(16-29-15-14-28-13-12-27-2)25-24(26)30-17-23-21-10-6-4-8-19(21)20-9-5-7-11-22(20)23/h4-11,19,24,28H,12-18H2,1-3H3,(H,27,29);4-11,18,23H,3,12-17H2,1-2H3,(H,25,26)/t19-;18-/m11/s1. The fourth-order valence-electron chi connectivity index (χ4n) is 7.46. The molecule has 4 aromatic rings. The van der Waals surface area contributed by atoms with Gasteiger partial charge in [0.25, 0.3) is 0 Å². The van der Waals surface area contributed by atoms with Crippen molar-refractivity contribution in [2.45, 2.75) is 63.6 Å². The van der Waals surface area contributed by atoms with Crippen molar-refractivity contribution in [3.8, 4) is 22.3 Å². The maximum Gasteiger partial charge on any atom is 0.407 e. The van der Waals surface area contributed by atoms with Gasteiger partial charge in [0.05, 0.1) is 90.4 Å². The third kappa shape index (κ3) is 15.4. The van der Waals surface area contributed by atoms with E-state index in [2.05, 4.69) is 59.2 Å². The smallest absolute Gasteiger partial charge is 0.407 e. The molecule has 2 atom stereocenters. The molecule has 0 spiro atoms. The molecule has 3 N–H and O–H groups in total. The second kappa shape index (κ2) is 26.1. The normalized spacial score (nSPS) is 13.7. The van der Waals surface area contributed by atoms with E-state index < -0.39 is 18.2 Å². The number of fused-ring (bicyclic) bond motifs is 6. The Morgan fingerprint density at radius 2 is 0.921 bits per heavy atom. The first-order valence-electron chi connectivity index (χ1n) is 21.9. The second-order valence-corrected chi connectivity index (χ2v) is 16.3. The first kappa shape index (κ1) is 49.2. The number of hydrogen-bond acceptors (Lipinski definition) is 11. The number of ether oxygens (including phenoxy) is 8. The first-order chi connectivity index (χ1) is 30.6. The monoisotopic (exact) mass is 870 g/mol. The van der Waals surface area contributed by atoms with E-state index in [9.17, 15) is 14.7 Å². The van der Waals surface area contributed by atoms with Gasteiger partial charge in [-0.1, -0.05) is 104 Å². The van der Waals surface area contributed by atoms with Gasteiger partial charge >= 0.3 is 12.2 Å². The lowest BCUT2D eigenvalue weighted by atomic mass is 9.98. The molecule has 2 aliphatic rings. The van der Waals surface area contributed by atoms with Crippen LogP contribution in [-0.4, -0.2) is 128 Å². The molecule has 0 heterocycles. The van der Waals surface area contributed by atoms with Crippen molar-refractivity contribution >= 4 is 12.2 Å². The SMILES string of the molecule is CC(C)(C)OCCOCCOC[C@@H](CO)NC(=O)OCC1c2ccccc2-c2ccccc21.CC[C@H](COCCOCCOC)NC(=O)OCC1c2ccccc2-c2ccccc21. The average molecular weight is 871 g/mol. The Balaban J connectivity index is 0.000000239. The van der Waals surface area contributed by atoms with Crippen LogP contribution in [0.15, 0.2) is 97.1 Å². The highest BCUT2D eigenvalue weighted by Crippen LogP contribution is 2.45. The largest absolute Gasteiger partial charge is 0.449 e. The zero-order valence-electron chi connectivity index (χ0n) is 37.5. The highest BCUT2D eigenvalue weighted by atomic mass is 16.6. The highest BCUT2D eigenvalue weighted by Gasteiger charge is 2.30. The topological polar surface area (TPSA) is 152 Å². The van der Waals surface area contributed by atoms with E-state index in [0.717, 1.165) is 17.5 Å². The Morgan fingerprint density at radius 3 is 1.32 bits per heavy atom. The van der Waals surface area contributed by atoms with Crippen LogP contribution >= 0.6 is 0 Å². The van der Waals surface area contributed by atoms with Gasteiger partial charge in [-0.05, 0) is 71.7 Å². The summed E-state index contributed by atoms with van der Waals surface area (Å²) in [5.41, 5.74) is 9.32. The number of carbonyl (C=O) groups excluding carboxylic acids is 2. The quantitative estimate of drug-likeness (QED) is 0.0594. The van der Waals surface area contributed by atoms with E-state index in [0.29, 0.717) is 66.1 Å². The molecule has 63 heavy (non-hydrogen) atoms. The van der Waals surface area contributed by atoms with Crippen molar-refractivity contribution in [3.05, 3.63) is 119 Å². The molecule has 4 aromatic carbocycles. The van der Waals surface area contributed by atoms with Crippen molar-refractivity contribution in [2.75, 3.05) is 93.0 Å². The summed E-state index contributed by atoms with van der Waals surface area (Å²) in [5, 5.41) is 15.1. The van der Waals surface area contributed by atoms with Crippen LogP contribution in [0, 0.1) is 0 Å². The molecule has 0 fully saturated rings. The van der Waals surface area contributed by atoms with E-state index in [1.807, 2.05) is 76.2 Å². The van der Waals surface area contributed by atoms with Crippen molar-refractivity contribution in [2.24, 2.45) is 0 Å². The fourth-order valence-corrected chi connectivity index (χ4v) is 7.46. The van der Waals surface area contributed by atoms with Gasteiger partial charge in [0.15, 0.2) is 0 Å². The molecule has 0 saturated carbocycles. The number of nitrogens with one attached hydrogen (secondary N) is 2. The lowest BCUT2D eigenvalue weighted by molar-refractivity contribution is -0.0437. The minimum absolute atomic E-state index is 0.00797. The minimum atomic E-state index is -0.574. The van der Waals surface area contributed by atoms with E-state index in [1.54, 1.807) is 7.11 Å². The molecule has 0 aliphatic heterocycles. The average Bonchev–Trinajstić information content (AvgIpc) is 3.79. The Bertz CT molecular complexity index is 1890. The molecule has 0 radical (unpaired) electrons. The van der Waals surface area contributed by atoms with Gasteiger partial charge in [-0.15, -0.1) is 0 Å². The van der Waals surface area contributed by atoms with E-state index in [-0.39, 0.29) is 43.3 Å². The van der Waals surface area contributed by atoms with E-state index in [1.165, 1.54) is 33.4 Å². The lowest BCUT2D eigenvalue weighted by Gasteiger charge is -2.19. The summed E-state index contributed by atoms with van der Waals surface area (Å²) < 4.78 is 43.5. The molecule has 0 bridgehead atoms. The Morgan fingerprint density at radius 1 is 0.556 bits per heavy atom. The number of aliphatic hydroxyl groups is 1. The molecule has 0 aromatic heterocycles. The molecule has 342 valence electrons. The number of alkyl carbamates (subject to hydrolysis) is 2. The molecule has 13 nitrogen and oxygen atoms in total. The molecule has 0 unspecified atom stereocenters. The number of amides is 2. The molecule has 13 heteroatoms. The molecule has 2 aliphatic carbocycles. The third-order valence-electron chi connectivity index (χ3n) is 10.6. The number of carbonyl (C=O) groups is 2. The van der Waals surface area contributed by atoms with Crippen LogP contribution in [0.3, 0.4) is 0 Å². The molecular formula is C50H66N2O11. The predicted octanol–water partition coefficient (Wildman–Crippen LogP) is 7.72. The zero-order valence-corrected chi connectivity index (χ0v) is 37.5. The number of methoxy groups -OCH3 is 1. The summed E-state index contributed by atoms with van der Waals surface area (Å²) in [6.45, 7) is 12.8. The van der Waals surface area contributed by atoms with Gasteiger partial charge in [0, 0.05) is 18.9 Å². The highest BCUT2D eigenvalue weighted by molar-refractivity contribution is 5.80. The van der Waals surface area contributed by atoms with Gasteiger partial charge < -0.3 is 53.6 Å². The Labute approximate surface area is 372 Å². The number of aliphatic hydroxyl groups excluding tert-OH is 1. The van der Waals surface area contributed by atoms with Gasteiger partial charge in [-0.25, -0.2) is 9.59 Å². The summed E-state index contributed by atoms with van der Waals surface area (Å²) in [4.78, 5) is 24.7. The van der Waals surface area contributed by atoms with Crippen molar-refractivity contribution in [1.82, 2.24) is 10.6 Å². The summed E-state index contributed by atoms with van der Waals surface area (Å²) in [5.74, 6) is 0.0510. The van der Waals surface area contributed by atoms with E-state index in [4.69, 9.17) is 37.9 Å². The first-order valence-corrected chi connectivity index (χ1v) is 21.9. The summed E-state index contributed by atoms with van der Waals surface area (Å²) >= 11 is 0. The Kier molecular flexibility index (Phi) is 20.3. The summed E-state index contributed by atoms with van der Waals surface area (Å²) in [7, 11) is 1.64. The summed E-state index contributed by atoms with van der Waals surface area (Å²) in [6, 6.07) is 32.3. The van der Waals surface area contributed by atoms with Crippen LogP contribution in [0.25, 0.3) is 22.3 Å². The van der Waals surface area contributed by atoms with Crippen LogP contribution < -0.4 is 10.6 Å². The van der Waals surface area contributed by atoms with Gasteiger partial charge in [-0.3, -0.25) is 0 Å². The fraction of sp³-hybridized carbons (Fsp3) is 0.480. The van der Waals surface area contributed by atoms with Crippen LogP contribution in [0.4, 0.5) is 9.59 Å². The van der Waals surface area contributed by atoms with Crippen LogP contribution in [0.5, 0.6) is 0 Å². The molecule has 2 amide bonds.